The van der Waals surface area contributed by atoms with Gasteiger partial charge in [0, 0.05) is 6.08 Å². The summed E-state index contributed by atoms with van der Waals surface area (Å²) in [6, 6.07) is 9.06. The molecule has 0 saturated heterocycles. The van der Waals surface area contributed by atoms with Crippen LogP contribution in [-0.4, -0.2) is 11.1 Å². The summed E-state index contributed by atoms with van der Waals surface area (Å²) in [4.78, 5) is 10.5. The highest BCUT2D eigenvalue weighted by Crippen LogP contribution is 2.35. The molecule has 0 amide bonds. The Morgan fingerprint density at radius 2 is 1.91 bits per heavy atom. The van der Waals surface area contributed by atoms with Crippen LogP contribution in [-0.2, 0) is 11.4 Å². The van der Waals surface area contributed by atoms with Gasteiger partial charge in [-0.15, -0.1) is 0 Å². The van der Waals surface area contributed by atoms with Crippen molar-refractivity contribution in [1.29, 1.82) is 0 Å². The summed E-state index contributed by atoms with van der Waals surface area (Å²) in [5.41, 5.74) is 1.18. The molecule has 0 aliphatic carbocycles. The van der Waals surface area contributed by atoms with Crippen LogP contribution in [0.5, 0.6) is 5.75 Å². The number of rotatable bonds is 5. The Kier molecular flexibility index (Phi) is 5.41. The van der Waals surface area contributed by atoms with Gasteiger partial charge in [-0.25, -0.2) is 9.18 Å². The lowest BCUT2D eigenvalue weighted by Crippen LogP contribution is -1.97. The first-order valence-electron chi connectivity index (χ1n) is 6.23. The molecule has 0 unspecified atom stereocenters. The predicted molar refractivity (Wildman–Crippen MR) is 83.9 cm³/mol. The molecular weight excluding hydrogens is 330 g/mol. The van der Waals surface area contributed by atoms with Crippen LogP contribution in [0.3, 0.4) is 0 Å². The SMILES string of the molecule is O=C(O)C=Cc1cc(Cl)c(OCc2cccc(F)c2)c(Cl)c1. The summed E-state index contributed by atoms with van der Waals surface area (Å²) in [6.07, 6.45) is 2.35. The van der Waals surface area contributed by atoms with Crippen molar-refractivity contribution in [3.8, 4) is 5.75 Å². The fourth-order valence-corrected chi connectivity index (χ4v) is 2.38. The van der Waals surface area contributed by atoms with E-state index in [9.17, 15) is 9.18 Å². The average Bonchev–Trinajstić information content (AvgIpc) is 2.44. The van der Waals surface area contributed by atoms with Crippen LogP contribution < -0.4 is 4.74 Å². The molecule has 0 aliphatic heterocycles. The Balaban J connectivity index is 2.16. The van der Waals surface area contributed by atoms with Crippen LogP contribution in [0.25, 0.3) is 6.08 Å². The van der Waals surface area contributed by atoms with E-state index >= 15 is 0 Å². The number of hydrogen-bond donors (Lipinski definition) is 1. The number of ether oxygens (including phenoxy) is 1. The minimum absolute atomic E-state index is 0.113. The third-order valence-electron chi connectivity index (χ3n) is 2.71. The molecule has 2 rings (SSSR count). The van der Waals surface area contributed by atoms with Crippen LogP contribution in [0.1, 0.15) is 11.1 Å². The summed E-state index contributed by atoms with van der Waals surface area (Å²) in [5, 5.41) is 9.08. The second-order valence-electron chi connectivity index (χ2n) is 4.40. The maximum absolute atomic E-state index is 13.1. The van der Waals surface area contributed by atoms with E-state index in [0.717, 1.165) is 6.08 Å². The minimum Gasteiger partial charge on any atom is -0.486 e. The fourth-order valence-electron chi connectivity index (χ4n) is 1.76. The second kappa shape index (κ2) is 7.29. The molecule has 22 heavy (non-hydrogen) atoms. The number of carboxylic acids is 1. The highest BCUT2D eigenvalue weighted by atomic mass is 35.5. The molecule has 1 N–H and O–H groups in total. The van der Waals surface area contributed by atoms with Gasteiger partial charge in [0.15, 0.2) is 5.75 Å². The Hall–Kier alpha value is -2.04. The molecule has 2 aromatic carbocycles. The predicted octanol–water partition coefficient (Wildman–Crippen LogP) is 4.81. The van der Waals surface area contributed by atoms with Crippen molar-refractivity contribution in [3.63, 3.8) is 0 Å². The summed E-state index contributed by atoms with van der Waals surface area (Å²) < 4.78 is 18.6. The van der Waals surface area contributed by atoms with Gasteiger partial charge in [0.25, 0.3) is 0 Å². The number of hydrogen-bond acceptors (Lipinski definition) is 2. The van der Waals surface area contributed by atoms with E-state index < -0.39 is 5.97 Å². The maximum Gasteiger partial charge on any atom is 0.328 e. The molecule has 0 radical (unpaired) electrons. The third-order valence-corrected chi connectivity index (χ3v) is 3.27. The molecule has 0 aliphatic rings. The molecule has 0 atom stereocenters. The quantitative estimate of drug-likeness (QED) is 0.794. The smallest absolute Gasteiger partial charge is 0.328 e. The molecule has 0 spiro atoms. The molecule has 0 heterocycles. The first-order chi connectivity index (χ1) is 10.5. The number of carboxylic acid groups (broad SMARTS) is 1. The van der Waals surface area contributed by atoms with Crippen LogP contribution in [0.15, 0.2) is 42.5 Å². The summed E-state index contributed by atoms with van der Waals surface area (Å²) >= 11 is 12.2. The average molecular weight is 341 g/mol. The van der Waals surface area contributed by atoms with E-state index in [2.05, 4.69) is 0 Å². The first kappa shape index (κ1) is 16.3. The normalized spacial score (nSPS) is 10.9. The molecule has 6 heteroatoms. The molecule has 3 nitrogen and oxygen atoms in total. The van der Waals surface area contributed by atoms with Crippen molar-refractivity contribution >= 4 is 35.2 Å². The van der Waals surface area contributed by atoms with Gasteiger partial charge in [-0.3, -0.25) is 0 Å². The topological polar surface area (TPSA) is 46.5 Å². The van der Waals surface area contributed by atoms with Crippen molar-refractivity contribution in [2.75, 3.05) is 0 Å². The van der Waals surface area contributed by atoms with Gasteiger partial charge in [-0.2, -0.15) is 0 Å². The third kappa shape index (κ3) is 4.48. The largest absolute Gasteiger partial charge is 0.486 e. The maximum atomic E-state index is 13.1. The molecule has 0 saturated carbocycles. The van der Waals surface area contributed by atoms with Gasteiger partial charge in [-0.1, -0.05) is 35.3 Å². The number of halogens is 3. The van der Waals surface area contributed by atoms with Crippen LogP contribution >= 0.6 is 23.2 Å². The zero-order valence-electron chi connectivity index (χ0n) is 11.2. The lowest BCUT2D eigenvalue weighted by atomic mass is 10.2. The lowest BCUT2D eigenvalue weighted by molar-refractivity contribution is -0.131. The van der Waals surface area contributed by atoms with E-state index in [1.54, 1.807) is 12.1 Å². The molecular formula is C16H11Cl2FO3. The highest BCUT2D eigenvalue weighted by Gasteiger charge is 2.09. The van der Waals surface area contributed by atoms with Crippen molar-refractivity contribution in [2.24, 2.45) is 0 Å². The molecule has 0 bridgehead atoms. The van der Waals surface area contributed by atoms with Crippen molar-refractivity contribution in [2.45, 2.75) is 6.61 Å². The van der Waals surface area contributed by atoms with Gasteiger partial charge in [0.2, 0.25) is 0 Å². The molecule has 0 fully saturated rings. The summed E-state index contributed by atoms with van der Waals surface area (Å²) in [5.74, 6) is -1.16. The van der Waals surface area contributed by atoms with E-state index in [4.69, 9.17) is 33.0 Å². The van der Waals surface area contributed by atoms with Crippen molar-refractivity contribution in [1.82, 2.24) is 0 Å². The zero-order valence-corrected chi connectivity index (χ0v) is 12.7. The number of aliphatic carboxylic acids is 1. The lowest BCUT2D eigenvalue weighted by Gasteiger charge is -2.11. The first-order valence-corrected chi connectivity index (χ1v) is 6.98. The van der Waals surface area contributed by atoms with Gasteiger partial charge in [0.05, 0.1) is 10.0 Å². The van der Waals surface area contributed by atoms with Gasteiger partial charge >= 0.3 is 5.97 Å². The van der Waals surface area contributed by atoms with Gasteiger partial charge in [0.1, 0.15) is 12.4 Å². The number of benzene rings is 2. The molecule has 2 aromatic rings. The van der Waals surface area contributed by atoms with Crippen LogP contribution in [0.4, 0.5) is 4.39 Å². The number of carbonyl (C=O) groups is 1. The minimum atomic E-state index is -1.07. The van der Waals surface area contributed by atoms with Gasteiger partial charge in [-0.05, 0) is 41.5 Å². The monoisotopic (exact) mass is 340 g/mol. The van der Waals surface area contributed by atoms with Crippen molar-refractivity contribution in [3.05, 3.63) is 69.5 Å². The molecule has 114 valence electrons. The standard InChI is InChI=1S/C16H11Cl2FO3/c17-13-7-10(4-5-15(20)21)8-14(18)16(13)22-9-11-2-1-3-12(19)6-11/h1-8H,9H2,(H,20,21). The Morgan fingerprint density at radius 1 is 1.23 bits per heavy atom. The fraction of sp³-hybridized carbons (Fsp3) is 0.0625. The van der Waals surface area contributed by atoms with Gasteiger partial charge < -0.3 is 9.84 Å². The summed E-state index contributed by atoms with van der Waals surface area (Å²) in [7, 11) is 0. The molecule has 0 aromatic heterocycles. The zero-order chi connectivity index (χ0) is 16.1. The van der Waals surface area contributed by atoms with E-state index in [0.29, 0.717) is 11.1 Å². The summed E-state index contributed by atoms with van der Waals surface area (Å²) in [6.45, 7) is 0.113. The highest BCUT2D eigenvalue weighted by molar-refractivity contribution is 6.37. The Bertz CT molecular complexity index is 706. The Labute approximate surface area is 136 Å². The van der Waals surface area contributed by atoms with E-state index in [1.807, 2.05) is 0 Å². The van der Waals surface area contributed by atoms with Crippen LogP contribution in [0.2, 0.25) is 10.0 Å². The van der Waals surface area contributed by atoms with Crippen molar-refractivity contribution < 1.29 is 19.0 Å². The second-order valence-corrected chi connectivity index (χ2v) is 5.22. The van der Waals surface area contributed by atoms with Crippen LogP contribution in [0, 0.1) is 5.82 Å². The Morgan fingerprint density at radius 3 is 2.50 bits per heavy atom. The van der Waals surface area contributed by atoms with E-state index in [-0.39, 0.29) is 28.2 Å². The van der Waals surface area contributed by atoms with E-state index in [1.165, 1.54) is 30.3 Å².